The molecule has 0 radical (unpaired) electrons. The van der Waals surface area contributed by atoms with Crippen LogP contribution in [0.3, 0.4) is 0 Å². The predicted octanol–water partition coefficient (Wildman–Crippen LogP) is 3.58. The van der Waals surface area contributed by atoms with E-state index in [2.05, 4.69) is 21.5 Å². The van der Waals surface area contributed by atoms with Crippen LogP contribution in [0, 0.1) is 6.92 Å². The number of nitrogens with zero attached hydrogens (tertiary/aromatic N) is 4. The van der Waals surface area contributed by atoms with Crippen molar-refractivity contribution in [3.63, 3.8) is 0 Å². The van der Waals surface area contributed by atoms with E-state index in [1.165, 1.54) is 0 Å². The number of aromatic nitrogens is 4. The molecule has 0 amide bonds. The summed E-state index contributed by atoms with van der Waals surface area (Å²) in [5.41, 5.74) is 4.60. The Morgan fingerprint density at radius 2 is 1.96 bits per heavy atom. The quantitative estimate of drug-likeness (QED) is 0.625. The zero-order valence-corrected chi connectivity index (χ0v) is 13.7. The Morgan fingerprint density at radius 1 is 1.12 bits per heavy atom. The van der Waals surface area contributed by atoms with Gasteiger partial charge in [0.1, 0.15) is 0 Å². The molecule has 1 N–H and O–H groups in total. The van der Waals surface area contributed by atoms with E-state index in [0.29, 0.717) is 5.88 Å². The molecule has 0 aliphatic rings. The van der Waals surface area contributed by atoms with E-state index >= 15 is 0 Å². The summed E-state index contributed by atoms with van der Waals surface area (Å²) < 4.78 is 6.93. The normalized spacial score (nSPS) is 11.1. The van der Waals surface area contributed by atoms with Gasteiger partial charge in [0.25, 0.3) is 0 Å². The Balaban J connectivity index is 1.96. The number of aryl methyl sites for hydroxylation is 2. The minimum atomic E-state index is 0.586. The lowest BCUT2D eigenvalue weighted by molar-refractivity contribution is 0.398. The van der Waals surface area contributed by atoms with Gasteiger partial charge in [-0.3, -0.25) is 4.68 Å². The highest BCUT2D eigenvalue weighted by Crippen LogP contribution is 2.34. The molecule has 0 atom stereocenters. The Labute approximate surface area is 139 Å². The number of fused-ring (bicyclic) bond motifs is 2. The summed E-state index contributed by atoms with van der Waals surface area (Å²) in [6.07, 6.45) is 1.76. The zero-order chi connectivity index (χ0) is 16.7. The van der Waals surface area contributed by atoms with Crippen LogP contribution >= 0.6 is 0 Å². The number of hydrogen-bond donors (Lipinski definition) is 1. The summed E-state index contributed by atoms with van der Waals surface area (Å²) in [7, 11) is 3.52. The number of nitrogens with one attached hydrogen (secondary N) is 1. The largest absolute Gasteiger partial charge is 0.481 e. The predicted molar refractivity (Wildman–Crippen MR) is 94.8 cm³/mol. The molecule has 3 aromatic heterocycles. The van der Waals surface area contributed by atoms with E-state index in [4.69, 9.17) is 9.72 Å². The summed E-state index contributed by atoms with van der Waals surface area (Å²) >= 11 is 0. The smallest absolute Gasteiger partial charge is 0.213 e. The van der Waals surface area contributed by atoms with Gasteiger partial charge in [-0.1, -0.05) is 18.2 Å². The first-order valence-corrected chi connectivity index (χ1v) is 7.66. The number of methoxy groups -OCH3 is 1. The van der Waals surface area contributed by atoms with Crippen molar-refractivity contribution in [3.8, 4) is 5.88 Å². The van der Waals surface area contributed by atoms with Crippen LogP contribution in [0.15, 0.2) is 42.6 Å². The Kier molecular flexibility index (Phi) is 3.30. The van der Waals surface area contributed by atoms with Crippen molar-refractivity contribution >= 4 is 33.3 Å². The molecule has 120 valence electrons. The molecule has 0 saturated heterocycles. The Bertz CT molecular complexity index is 1040. The minimum Gasteiger partial charge on any atom is -0.481 e. The molecule has 0 saturated carbocycles. The fourth-order valence-corrected chi connectivity index (χ4v) is 2.95. The third kappa shape index (κ3) is 2.23. The van der Waals surface area contributed by atoms with E-state index < -0.39 is 0 Å². The maximum absolute atomic E-state index is 5.12. The molecular weight excluding hydrogens is 302 g/mol. The summed E-state index contributed by atoms with van der Waals surface area (Å²) in [4.78, 5) is 9.01. The lowest BCUT2D eigenvalue weighted by atomic mass is 10.1. The van der Waals surface area contributed by atoms with Crippen LogP contribution in [-0.2, 0) is 7.05 Å². The number of ether oxygens (including phenoxy) is 1. The SMILES string of the molecule is COc1ccc(Nc2c3ccccc3nc3c2c(C)nn3C)cn1. The fourth-order valence-electron chi connectivity index (χ4n) is 2.95. The summed E-state index contributed by atoms with van der Waals surface area (Å²) in [5, 5.41) is 10.1. The van der Waals surface area contributed by atoms with E-state index in [1.807, 2.05) is 49.0 Å². The van der Waals surface area contributed by atoms with Gasteiger partial charge in [-0.05, 0) is 19.1 Å². The van der Waals surface area contributed by atoms with Crippen LogP contribution in [0.25, 0.3) is 21.9 Å². The van der Waals surface area contributed by atoms with Crippen molar-refractivity contribution in [2.45, 2.75) is 6.92 Å². The Morgan fingerprint density at radius 3 is 2.71 bits per heavy atom. The standard InChI is InChI=1S/C18H17N5O/c1-11-16-17(20-12-8-9-15(24-3)19-10-12)13-6-4-5-7-14(13)21-18(16)23(2)22-11/h4-10H,1-3H3,(H,20,21). The molecule has 0 fully saturated rings. The highest BCUT2D eigenvalue weighted by atomic mass is 16.5. The van der Waals surface area contributed by atoms with Gasteiger partial charge in [0.2, 0.25) is 5.88 Å². The van der Waals surface area contributed by atoms with Crippen molar-refractivity contribution < 1.29 is 4.74 Å². The molecule has 6 nitrogen and oxygen atoms in total. The maximum atomic E-state index is 5.12. The van der Waals surface area contributed by atoms with E-state index in [9.17, 15) is 0 Å². The lowest BCUT2D eigenvalue weighted by Crippen LogP contribution is -1.97. The minimum absolute atomic E-state index is 0.586. The molecule has 4 rings (SSSR count). The second-order valence-corrected chi connectivity index (χ2v) is 5.63. The van der Waals surface area contributed by atoms with Gasteiger partial charge in [-0.2, -0.15) is 5.10 Å². The molecular formula is C18H17N5O. The number of rotatable bonds is 3. The molecule has 4 aromatic rings. The number of para-hydroxylation sites is 1. The van der Waals surface area contributed by atoms with Crippen molar-refractivity contribution in [2.24, 2.45) is 7.05 Å². The molecule has 0 bridgehead atoms. The van der Waals surface area contributed by atoms with Crippen LogP contribution in [0.2, 0.25) is 0 Å². The fraction of sp³-hybridized carbons (Fsp3) is 0.167. The van der Waals surface area contributed by atoms with Crippen molar-refractivity contribution in [1.82, 2.24) is 19.7 Å². The van der Waals surface area contributed by atoms with E-state index in [0.717, 1.165) is 39.0 Å². The van der Waals surface area contributed by atoms with Crippen molar-refractivity contribution in [2.75, 3.05) is 12.4 Å². The highest BCUT2D eigenvalue weighted by Gasteiger charge is 2.15. The number of hydrogen-bond acceptors (Lipinski definition) is 5. The summed E-state index contributed by atoms with van der Waals surface area (Å²) in [5.74, 6) is 0.586. The molecule has 24 heavy (non-hydrogen) atoms. The van der Waals surface area contributed by atoms with E-state index in [-0.39, 0.29) is 0 Å². The van der Waals surface area contributed by atoms with Crippen LogP contribution < -0.4 is 10.1 Å². The van der Waals surface area contributed by atoms with Crippen molar-refractivity contribution in [3.05, 3.63) is 48.3 Å². The first-order chi connectivity index (χ1) is 11.7. The molecule has 6 heteroatoms. The van der Waals surface area contributed by atoms with Gasteiger partial charge >= 0.3 is 0 Å². The van der Waals surface area contributed by atoms with Crippen LogP contribution in [-0.4, -0.2) is 26.9 Å². The zero-order valence-electron chi connectivity index (χ0n) is 13.7. The number of benzene rings is 1. The molecule has 0 aliphatic carbocycles. The molecule has 3 heterocycles. The van der Waals surface area contributed by atoms with Crippen LogP contribution in [0.1, 0.15) is 5.69 Å². The van der Waals surface area contributed by atoms with Gasteiger partial charge in [-0.25, -0.2) is 9.97 Å². The van der Waals surface area contributed by atoms with Gasteiger partial charge in [0.15, 0.2) is 5.65 Å². The van der Waals surface area contributed by atoms with Gasteiger partial charge in [0, 0.05) is 18.5 Å². The van der Waals surface area contributed by atoms with Crippen molar-refractivity contribution in [1.29, 1.82) is 0 Å². The number of anilines is 2. The summed E-state index contributed by atoms with van der Waals surface area (Å²) in [6, 6.07) is 11.8. The topological polar surface area (TPSA) is 64.9 Å². The molecule has 0 unspecified atom stereocenters. The maximum Gasteiger partial charge on any atom is 0.213 e. The second kappa shape index (κ2) is 5.49. The van der Waals surface area contributed by atoms with Gasteiger partial charge < -0.3 is 10.1 Å². The monoisotopic (exact) mass is 319 g/mol. The summed E-state index contributed by atoms with van der Waals surface area (Å²) in [6.45, 7) is 2.00. The van der Waals surface area contributed by atoms with E-state index in [1.54, 1.807) is 13.3 Å². The molecule has 0 spiro atoms. The van der Waals surface area contributed by atoms with Crippen LogP contribution in [0.4, 0.5) is 11.4 Å². The van der Waals surface area contributed by atoms with Gasteiger partial charge in [0.05, 0.1) is 41.3 Å². The first-order valence-electron chi connectivity index (χ1n) is 7.66. The third-order valence-electron chi connectivity index (χ3n) is 4.06. The third-order valence-corrected chi connectivity index (χ3v) is 4.06. The highest BCUT2D eigenvalue weighted by molar-refractivity contribution is 6.08. The van der Waals surface area contributed by atoms with Crippen LogP contribution in [0.5, 0.6) is 5.88 Å². The Hall–Kier alpha value is -3.15. The molecule has 0 aliphatic heterocycles. The average Bonchev–Trinajstić information content (AvgIpc) is 2.89. The number of pyridine rings is 2. The average molecular weight is 319 g/mol. The lowest BCUT2D eigenvalue weighted by Gasteiger charge is -2.12. The second-order valence-electron chi connectivity index (χ2n) is 5.63. The molecule has 1 aromatic carbocycles. The van der Waals surface area contributed by atoms with Gasteiger partial charge in [-0.15, -0.1) is 0 Å². The first kappa shape index (κ1) is 14.4.